The second-order valence-corrected chi connectivity index (χ2v) is 7.46. The summed E-state index contributed by atoms with van der Waals surface area (Å²) in [4.78, 5) is 26.3. The molecule has 2 aromatic rings. The maximum Gasteiger partial charge on any atom is 0.251 e. The summed E-state index contributed by atoms with van der Waals surface area (Å²) in [5.74, 6) is 0.546. The topological polar surface area (TPSA) is 49.4 Å². The molecule has 134 valence electrons. The fourth-order valence-electron chi connectivity index (χ4n) is 3.77. The van der Waals surface area contributed by atoms with Crippen LogP contribution in [0.1, 0.15) is 52.9 Å². The lowest BCUT2D eigenvalue weighted by Gasteiger charge is -2.20. The van der Waals surface area contributed by atoms with Crippen LogP contribution in [0.5, 0.6) is 0 Å². The van der Waals surface area contributed by atoms with E-state index in [1.165, 1.54) is 11.1 Å². The fourth-order valence-corrected chi connectivity index (χ4v) is 3.77. The van der Waals surface area contributed by atoms with Gasteiger partial charge in [-0.2, -0.15) is 0 Å². The zero-order valence-corrected chi connectivity index (χ0v) is 15.3. The van der Waals surface area contributed by atoms with Crippen LogP contribution in [0.3, 0.4) is 0 Å². The highest BCUT2D eigenvalue weighted by atomic mass is 16.2. The van der Waals surface area contributed by atoms with E-state index in [1.807, 2.05) is 18.2 Å². The summed E-state index contributed by atoms with van der Waals surface area (Å²) < 4.78 is 0. The van der Waals surface area contributed by atoms with Crippen molar-refractivity contribution in [2.75, 3.05) is 11.4 Å². The molecule has 2 aromatic carbocycles. The average molecular weight is 348 g/mol. The Morgan fingerprint density at radius 2 is 1.85 bits per heavy atom. The molecule has 0 bridgehead atoms. The van der Waals surface area contributed by atoms with Gasteiger partial charge in [-0.05, 0) is 61.4 Å². The average Bonchev–Trinajstić information content (AvgIpc) is 3.38. The van der Waals surface area contributed by atoms with Gasteiger partial charge in [-0.15, -0.1) is 0 Å². The molecule has 0 spiro atoms. The van der Waals surface area contributed by atoms with E-state index in [0.717, 1.165) is 30.5 Å². The molecule has 1 aliphatic heterocycles. The van der Waals surface area contributed by atoms with E-state index >= 15 is 0 Å². The minimum Gasteiger partial charge on any atom is -0.345 e. The molecule has 1 aliphatic carbocycles. The van der Waals surface area contributed by atoms with Crippen LogP contribution in [0.25, 0.3) is 0 Å². The molecule has 2 aliphatic rings. The van der Waals surface area contributed by atoms with E-state index in [2.05, 4.69) is 36.5 Å². The molecule has 1 N–H and O–H groups in total. The maximum atomic E-state index is 12.9. The molecule has 1 atom stereocenters. The first-order valence-electron chi connectivity index (χ1n) is 9.31. The third-order valence-corrected chi connectivity index (χ3v) is 5.43. The summed E-state index contributed by atoms with van der Waals surface area (Å²) in [6.45, 7) is 4.35. The molecule has 0 aromatic heterocycles. The Kier molecular flexibility index (Phi) is 4.27. The van der Waals surface area contributed by atoms with Gasteiger partial charge in [0.15, 0.2) is 0 Å². The van der Waals surface area contributed by atoms with Crippen LogP contribution in [0.2, 0.25) is 0 Å². The Morgan fingerprint density at radius 1 is 1.12 bits per heavy atom. The highest BCUT2D eigenvalue weighted by Crippen LogP contribution is 2.41. The first-order chi connectivity index (χ1) is 12.5. The molecule has 1 fully saturated rings. The number of carbonyl (C=O) groups is 2. The lowest BCUT2D eigenvalue weighted by molar-refractivity contribution is -0.116. The number of carbonyl (C=O) groups excluding carboxylic acids is 2. The molecule has 4 rings (SSSR count). The number of hydrogen-bond acceptors (Lipinski definition) is 2. The smallest absolute Gasteiger partial charge is 0.251 e. The van der Waals surface area contributed by atoms with Crippen molar-refractivity contribution in [3.63, 3.8) is 0 Å². The van der Waals surface area contributed by atoms with Gasteiger partial charge in [0.25, 0.3) is 5.91 Å². The Morgan fingerprint density at radius 3 is 2.50 bits per heavy atom. The summed E-state index contributed by atoms with van der Waals surface area (Å²) in [5.41, 5.74) is 5.09. The van der Waals surface area contributed by atoms with Crippen molar-refractivity contribution in [3.05, 3.63) is 64.7 Å². The van der Waals surface area contributed by atoms with Crippen LogP contribution in [0, 0.1) is 12.8 Å². The van der Waals surface area contributed by atoms with Crippen molar-refractivity contribution in [2.24, 2.45) is 5.92 Å². The number of benzene rings is 2. The van der Waals surface area contributed by atoms with Gasteiger partial charge < -0.3 is 10.2 Å². The zero-order chi connectivity index (χ0) is 18.3. The Labute approximate surface area is 154 Å². The highest BCUT2D eigenvalue weighted by molar-refractivity contribution is 5.98. The number of fused-ring (bicyclic) bond motifs is 1. The minimum absolute atomic E-state index is 0.0356. The van der Waals surface area contributed by atoms with E-state index in [9.17, 15) is 9.59 Å². The highest BCUT2D eigenvalue weighted by Gasteiger charge is 2.33. The van der Waals surface area contributed by atoms with E-state index < -0.39 is 0 Å². The van der Waals surface area contributed by atoms with Crippen LogP contribution in [0.15, 0.2) is 42.5 Å². The number of nitrogens with one attached hydrogen (secondary N) is 1. The van der Waals surface area contributed by atoms with E-state index in [4.69, 9.17) is 0 Å². The van der Waals surface area contributed by atoms with Crippen molar-refractivity contribution in [3.8, 4) is 0 Å². The summed E-state index contributed by atoms with van der Waals surface area (Å²) in [5, 5.41) is 3.24. The Hall–Kier alpha value is -2.62. The van der Waals surface area contributed by atoms with Gasteiger partial charge in [0, 0.05) is 24.7 Å². The summed E-state index contributed by atoms with van der Waals surface area (Å²) in [6.07, 6.45) is 3.13. The number of nitrogens with zero attached hydrogens (tertiary/aromatic N) is 1. The standard InChI is InChI=1S/C22H24N2O2/c1-14-3-5-16(6-4-14)21(17-7-8-17)23-22(26)19-9-10-20-18(13-19)11-12-24(20)15(2)25/h3-6,9-10,13,17,21H,7-8,11-12H2,1-2H3,(H,23,26). The molecule has 1 unspecified atom stereocenters. The third kappa shape index (κ3) is 3.24. The molecule has 0 saturated heterocycles. The van der Waals surface area contributed by atoms with E-state index in [1.54, 1.807) is 11.8 Å². The monoisotopic (exact) mass is 348 g/mol. The molecular weight excluding hydrogens is 324 g/mol. The summed E-state index contributed by atoms with van der Waals surface area (Å²) in [6, 6.07) is 14.2. The molecule has 2 amide bonds. The third-order valence-electron chi connectivity index (χ3n) is 5.43. The second-order valence-electron chi connectivity index (χ2n) is 7.46. The van der Waals surface area contributed by atoms with Gasteiger partial charge >= 0.3 is 0 Å². The Balaban J connectivity index is 1.54. The lowest BCUT2D eigenvalue weighted by Crippen LogP contribution is -2.30. The van der Waals surface area contributed by atoms with Gasteiger partial charge in [0.05, 0.1) is 6.04 Å². The SMILES string of the molecule is CC(=O)N1CCc2cc(C(=O)NC(c3ccc(C)cc3)C3CC3)ccc21. The van der Waals surface area contributed by atoms with E-state index in [-0.39, 0.29) is 17.9 Å². The predicted molar refractivity (Wildman–Crippen MR) is 102 cm³/mol. The normalized spacial score (nSPS) is 16.9. The van der Waals surface area contributed by atoms with Gasteiger partial charge in [-0.25, -0.2) is 0 Å². The van der Waals surface area contributed by atoms with Gasteiger partial charge in [0.1, 0.15) is 0 Å². The van der Waals surface area contributed by atoms with Gasteiger partial charge in [0.2, 0.25) is 5.91 Å². The molecule has 1 heterocycles. The second kappa shape index (κ2) is 6.60. The maximum absolute atomic E-state index is 12.9. The van der Waals surface area contributed by atoms with Crippen LogP contribution in [-0.2, 0) is 11.2 Å². The van der Waals surface area contributed by atoms with Gasteiger partial charge in [-0.1, -0.05) is 29.8 Å². The van der Waals surface area contributed by atoms with Crippen molar-refractivity contribution >= 4 is 17.5 Å². The summed E-state index contributed by atoms with van der Waals surface area (Å²) in [7, 11) is 0. The number of aryl methyl sites for hydroxylation is 1. The van der Waals surface area contributed by atoms with Crippen LogP contribution in [-0.4, -0.2) is 18.4 Å². The largest absolute Gasteiger partial charge is 0.345 e. The molecule has 0 radical (unpaired) electrons. The van der Waals surface area contributed by atoms with Crippen molar-refractivity contribution in [1.82, 2.24) is 5.32 Å². The quantitative estimate of drug-likeness (QED) is 0.914. The summed E-state index contributed by atoms with van der Waals surface area (Å²) >= 11 is 0. The molecule has 4 heteroatoms. The minimum atomic E-state index is -0.0356. The van der Waals surface area contributed by atoms with Crippen molar-refractivity contribution < 1.29 is 9.59 Å². The zero-order valence-electron chi connectivity index (χ0n) is 15.3. The molecule has 26 heavy (non-hydrogen) atoms. The van der Waals surface area contributed by atoms with Crippen LogP contribution in [0.4, 0.5) is 5.69 Å². The number of anilines is 1. The number of rotatable bonds is 4. The Bertz CT molecular complexity index is 853. The van der Waals surface area contributed by atoms with Crippen molar-refractivity contribution in [2.45, 2.75) is 39.2 Å². The lowest BCUT2D eigenvalue weighted by atomic mass is 10.00. The van der Waals surface area contributed by atoms with Crippen LogP contribution < -0.4 is 10.2 Å². The number of hydrogen-bond donors (Lipinski definition) is 1. The van der Waals surface area contributed by atoms with E-state index in [0.29, 0.717) is 18.0 Å². The number of amides is 2. The van der Waals surface area contributed by atoms with Crippen molar-refractivity contribution in [1.29, 1.82) is 0 Å². The van der Waals surface area contributed by atoms with Gasteiger partial charge in [-0.3, -0.25) is 9.59 Å². The molecule has 1 saturated carbocycles. The molecule has 4 nitrogen and oxygen atoms in total. The van der Waals surface area contributed by atoms with Crippen LogP contribution >= 0.6 is 0 Å². The molecular formula is C22H24N2O2. The fraction of sp³-hybridized carbons (Fsp3) is 0.364. The predicted octanol–water partition coefficient (Wildman–Crippen LogP) is 3.79. The first-order valence-corrected chi connectivity index (χ1v) is 9.31. The first kappa shape index (κ1) is 16.8.